The molecule has 4 rings (SSSR count). The molecule has 34 heavy (non-hydrogen) atoms. The third-order valence-corrected chi connectivity index (χ3v) is 6.48. The lowest BCUT2D eigenvalue weighted by Gasteiger charge is -2.18. The van der Waals surface area contributed by atoms with Crippen LogP contribution in [-0.2, 0) is 14.3 Å². The number of amides is 2. The Morgan fingerprint density at radius 3 is 2.32 bits per heavy atom. The molecule has 0 radical (unpaired) electrons. The van der Waals surface area contributed by atoms with E-state index >= 15 is 0 Å². The molecule has 3 unspecified atom stereocenters. The number of hydrogen-bond acceptors (Lipinski definition) is 4. The molecule has 0 saturated heterocycles. The first-order chi connectivity index (χ1) is 16.4. The van der Waals surface area contributed by atoms with E-state index in [0.717, 1.165) is 11.1 Å². The van der Waals surface area contributed by atoms with Crippen LogP contribution in [0.25, 0.3) is 11.1 Å². The van der Waals surface area contributed by atoms with E-state index in [1.165, 1.54) is 11.1 Å². The van der Waals surface area contributed by atoms with E-state index in [4.69, 9.17) is 9.84 Å². The van der Waals surface area contributed by atoms with Crippen molar-refractivity contribution >= 4 is 18.0 Å². The van der Waals surface area contributed by atoms with E-state index in [1.54, 1.807) is 6.08 Å². The van der Waals surface area contributed by atoms with Gasteiger partial charge in [-0.3, -0.25) is 9.59 Å². The molecule has 7 heteroatoms. The molecule has 0 fully saturated rings. The molecule has 2 aromatic carbocycles. The number of hydrogen-bond donors (Lipinski definition) is 3. The van der Waals surface area contributed by atoms with E-state index in [2.05, 4.69) is 34.9 Å². The molecular weight excluding hydrogens is 432 g/mol. The second-order valence-corrected chi connectivity index (χ2v) is 9.00. The maximum absolute atomic E-state index is 12.5. The average molecular weight is 463 g/mol. The Morgan fingerprint density at radius 1 is 1.03 bits per heavy atom. The van der Waals surface area contributed by atoms with E-state index in [1.807, 2.05) is 37.3 Å². The van der Waals surface area contributed by atoms with Crippen LogP contribution < -0.4 is 10.6 Å². The van der Waals surface area contributed by atoms with Crippen molar-refractivity contribution in [2.24, 2.45) is 5.92 Å². The molecule has 2 amide bonds. The Hall–Kier alpha value is -3.61. The second-order valence-electron chi connectivity index (χ2n) is 9.00. The van der Waals surface area contributed by atoms with Crippen molar-refractivity contribution < 1.29 is 24.2 Å². The van der Waals surface area contributed by atoms with E-state index in [-0.39, 0.29) is 42.9 Å². The van der Waals surface area contributed by atoms with Crippen molar-refractivity contribution in [2.45, 2.75) is 50.6 Å². The molecule has 3 N–H and O–H groups in total. The molecule has 0 aliphatic heterocycles. The average Bonchev–Trinajstić information content (AvgIpc) is 3.40. The maximum atomic E-state index is 12.5. The lowest BCUT2D eigenvalue weighted by Crippen LogP contribution is -2.38. The summed E-state index contributed by atoms with van der Waals surface area (Å²) >= 11 is 0. The predicted octanol–water partition coefficient (Wildman–Crippen LogP) is 4.23. The van der Waals surface area contributed by atoms with E-state index in [9.17, 15) is 14.4 Å². The molecule has 2 aliphatic carbocycles. The smallest absolute Gasteiger partial charge is 0.407 e. The van der Waals surface area contributed by atoms with Crippen molar-refractivity contribution in [1.29, 1.82) is 0 Å². The van der Waals surface area contributed by atoms with Crippen LogP contribution >= 0.6 is 0 Å². The molecule has 0 saturated carbocycles. The van der Waals surface area contributed by atoms with Gasteiger partial charge in [0.2, 0.25) is 5.91 Å². The number of aliphatic carboxylic acids is 1. The molecule has 0 bridgehead atoms. The maximum Gasteiger partial charge on any atom is 0.407 e. The fraction of sp³-hybridized carbons (Fsp3) is 0.370. The van der Waals surface area contributed by atoms with Crippen molar-refractivity contribution in [3.05, 3.63) is 71.8 Å². The Morgan fingerprint density at radius 2 is 1.68 bits per heavy atom. The fourth-order valence-electron chi connectivity index (χ4n) is 4.77. The first kappa shape index (κ1) is 23.5. The number of carboxylic acids is 1. The first-order valence-electron chi connectivity index (χ1n) is 11.7. The standard InChI is InChI=1S/C27H30N2O5/c1-17(7-6-12-25(30)31)28-26(32)18-13-14-19(15-18)29-27(33)34-16-24-22-10-4-2-8-20(22)21-9-3-5-11-23(21)24/h2-5,8-11,13-14,17-19,24H,6-7,12,15-16H2,1H3,(H,28,32)(H,29,33)(H,30,31). The zero-order valence-electron chi connectivity index (χ0n) is 19.2. The highest BCUT2D eigenvalue weighted by molar-refractivity contribution is 5.82. The van der Waals surface area contributed by atoms with Gasteiger partial charge in [-0.1, -0.05) is 60.7 Å². The van der Waals surface area contributed by atoms with Gasteiger partial charge in [-0.05, 0) is 48.4 Å². The Bertz CT molecular complexity index is 1050. The quantitative estimate of drug-likeness (QED) is 0.484. The normalized spacial score (nSPS) is 19.2. The third-order valence-electron chi connectivity index (χ3n) is 6.48. The van der Waals surface area contributed by atoms with Gasteiger partial charge in [-0.2, -0.15) is 0 Å². The molecule has 178 valence electrons. The summed E-state index contributed by atoms with van der Waals surface area (Å²) in [5, 5.41) is 14.5. The lowest BCUT2D eigenvalue weighted by atomic mass is 9.98. The molecule has 7 nitrogen and oxygen atoms in total. The van der Waals surface area contributed by atoms with Crippen LogP contribution in [0.1, 0.15) is 49.7 Å². The Kier molecular flexibility index (Phi) is 7.30. The Labute approximate surface area is 199 Å². The zero-order valence-corrected chi connectivity index (χ0v) is 19.2. The molecule has 3 atom stereocenters. The number of rotatable bonds is 9. The van der Waals surface area contributed by atoms with Crippen LogP contribution in [0.3, 0.4) is 0 Å². The zero-order chi connectivity index (χ0) is 24.1. The van der Waals surface area contributed by atoms with E-state index < -0.39 is 12.1 Å². The van der Waals surface area contributed by atoms with Gasteiger partial charge in [0, 0.05) is 18.4 Å². The van der Waals surface area contributed by atoms with Gasteiger partial charge in [-0.15, -0.1) is 0 Å². The molecule has 2 aliphatic rings. The summed E-state index contributed by atoms with van der Waals surface area (Å²) < 4.78 is 5.59. The number of alkyl carbamates (subject to hydrolysis) is 1. The topological polar surface area (TPSA) is 105 Å². The Balaban J connectivity index is 1.24. The van der Waals surface area contributed by atoms with Crippen LogP contribution in [0.5, 0.6) is 0 Å². The minimum atomic E-state index is -0.834. The molecule has 2 aromatic rings. The van der Waals surface area contributed by atoms with Crippen molar-refractivity contribution in [3.8, 4) is 11.1 Å². The number of fused-ring (bicyclic) bond motifs is 3. The number of carbonyl (C=O) groups is 3. The van der Waals surface area contributed by atoms with Gasteiger partial charge >= 0.3 is 12.1 Å². The van der Waals surface area contributed by atoms with Gasteiger partial charge in [0.15, 0.2) is 0 Å². The number of ether oxygens (including phenoxy) is 1. The van der Waals surface area contributed by atoms with Gasteiger partial charge < -0.3 is 20.5 Å². The van der Waals surface area contributed by atoms with Crippen LogP contribution in [-0.4, -0.2) is 41.8 Å². The number of carboxylic acid groups (broad SMARTS) is 1. The summed E-state index contributed by atoms with van der Waals surface area (Å²) in [6.07, 6.45) is 4.81. The van der Waals surface area contributed by atoms with Crippen LogP contribution in [0.4, 0.5) is 4.79 Å². The van der Waals surface area contributed by atoms with Crippen LogP contribution in [0.15, 0.2) is 60.7 Å². The minimum Gasteiger partial charge on any atom is -0.481 e. The SMILES string of the molecule is CC(CCCC(=O)O)NC(=O)C1C=CC(NC(=O)OCC2c3ccccc3-c3ccccc32)C1. The van der Waals surface area contributed by atoms with Crippen molar-refractivity contribution in [1.82, 2.24) is 10.6 Å². The first-order valence-corrected chi connectivity index (χ1v) is 11.7. The highest BCUT2D eigenvalue weighted by Crippen LogP contribution is 2.44. The molecule has 0 heterocycles. The largest absolute Gasteiger partial charge is 0.481 e. The summed E-state index contributed by atoms with van der Waals surface area (Å²) in [4.78, 5) is 35.6. The van der Waals surface area contributed by atoms with Crippen molar-refractivity contribution in [3.63, 3.8) is 0 Å². The van der Waals surface area contributed by atoms with Gasteiger partial charge in [0.05, 0.1) is 12.0 Å². The second kappa shape index (κ2) is 10.5. The predicted molar refractivity (Wildman–Crippen MR) is 128 cm³/mol. The summed E-state index contributed by atoms with van der Waals surface area (Å²) in [6.45, 7) is 2.11. The summed E-state index contributed by atoms with van der Waals surface area (Å²) in [6, 6.07) is 16.0. The summed E-state index contributed by atoms with van der Waals surface area (Å²) in [5.41, 5.74) is 4.67. The monoisotopic (exact) mass is 462 g/mol. The van der Waals surface area contributed by atoms with Gasteiger partial charge in [-0.25, -0.2) is 4.79 Å². The van der Waals surface area contributed by atoms with Crippen molar-refractivity contribution in [2.75, 3.05) is 6.61 Å². The van der Waals surface area contributed by atoms with Crippen LogP contribution in [0, 0.1) is 5.92 Å². The minimum absolute atomic E-state index is 0.00147. The number of carbonyl (C=O) groups excluding carboxylic acids is 2. The highest BCUT2D eigenvalue weighted by atomic mass is 16.5. The molecular formula is C27H30N2O5. The summed E-state index contributed by atoms with van der Waals surface area (Å²) in [5.74, 6) is -1.28. The molecule has 0 spiro atoms. The van der Waals surface area contributed by atoms with E-state index in [0.29, 0.717) is 19.3 Å². The van der Waals surface area contributed by atoms with Gasteiger partial charge in [0.25, 0.3) is 0 Å². The molecule has 0 aromatic heterocycles. The lowest BCUT2D eigenvalue weighted by molar-refractivity contribution is -0.137. The number of benzene rings is 2. The summed E-state index contributed by atoms with van der Waals surface area (Å²) in [7, 11) is 0. The van der Waals surface area contributed by atoms with Gasteiger partial charge in [0.1, 0.15) is 6.61 Å². The highest BCUT2D eigenvalue weighted by Gasteiger charge is 2.30. The fourth-order valence-corrected chi connectivity index (χ4v) is 4.77. The third kappa shape index (κ3) is 5.47. The van der Waals surface area contributed by atoms with Crippen LogP contribution in [0.2, 0.25) is 0 Å². The number of nitrogens with one attached hydrogen (secondary N) is 2.